The first-order valence-corrected chi connectivity index (χ1v) is 6.70. The van der Waals surface area contributed by atoms with E-state index in [0.717, 1.165) is 25.6 Å². The second-order valence-electron chi connectivity index (χ2n) is 5.02. The molecular weight excluding hydrogens is 210 g/mol. The highest BCUT2D eigenvalue weighted by Crippen LogP contribution is 2.26. The first-order chi connectivity index (χ1) is 8.31. The molecule has 0 atom stereocenters. The van der Waals surface area contributed by atoms with Crippen molar-refractivity contribution in [1.82, 2.24) is 4.90 Å². The topological polar surface area (TPSA) is 23.5 Å². The van der Waals surface area contributed by atoms with Crippen LogP contribution in [0.2, 0.25) is 0 Å². The molecule has 2 nitrogen and oxygen atoms in total. The second-order valence-corrected chi connectivity index (χ2v) is 5.02. The van der Waals surface area contributed by atoms with Crippen molar-refractivity contribution in [2.45, 2.75) is 38.6 Å². The van der Waals surface area contributed by atoms with Gasteiger partial charge in [0, 0.05) is 12.6 Å². The van der Waals surface area contributed by atoms with E-state index in [2.05, 4.69) is 36.1 Å². The van der Waals surface area contributed by atoms with Gasteiger partial charge in [0.25, 0.3) is 0 Å². The lowest BCUT2D eigenvalue weighted by Gasteiger charge is -2.20. The highest BCUT2D eigenvalue weighted by molar-refractivity contribution is 5.25. The third-order valence-electron chi connectivity index (χ3n) is 3.60. The van der Waals surface area contributed by atoms with Gasteiger partial charge in [-0.25, -0.2) is 0 Å². The summed E-state index contributed by atoms with van der Waals surface area (Å²) in [7, 11) is 0. The Hall–Kier alpha value is -0.860. The molecular formula is C15H23NO. The standard InChI is InChI=1S/C15H23NO/c1-13-5-2-3-6-14(13)7-4-10-16(11-12-17)15-8-9-15/h2-3,5-6,15,17H,4,7-12H2,1H3. The number of hydrogen-bond acceptors (Lipinski definition) is 2. The largest absolute Gasteiger partial charge is 0.395 e. The lowest BCUT2D eigenvalue weighted by molar-refractivity contribution is 0.188. The molecule has 2 rings (SSSR count). The van der Waals surface area contributed by atoms with Crippen LogP contribution >= 0.6 is 0 Å². The summed E-state index contributed by atoms with van der Waals surface area (Å²) in [6.45, 7) is 4.45. The van der Waals surface area contributed by atoms with Gasteiger partial charge >= 0.3 is 0 Å². The molecule has 1 aromatic carbocycles. The summed E-state index contributed by atoms with van der Waals surface area (Å²) in [4.78, 5) is 2.44. The van der Waals surface area contributed by atoms with Crippen LogP contribution in [0.15, 0.2) is 24.3 Å². The Morgan fingerprint density at radius 1 is 1.24 bits per heavy atom. The minimum atomic E-state index is 0.293. The van der Waals surface area contributed by atoms with Crippen LogP contribution in [-0.2, 0) is 6.42 Å². The van der Waals surface area contributed by atoms with E-state index in [0.29, 0.717) is 6.61 Å². The number of rotatable bonds is 7. The molecule has 0 aromatic heterocycles. The molecule has 0 radical (unpaired) electrons. The van der Waals surface area contributed by atoms with E-state index in [1.54, 1.807) is 0 Å². The van der Waals surface area contributed by atoms with Crippen LogP contribution in [0.5, 0.6) is 0 Å². The van der Waals surface area contributed by atoms with Gasteiger partial charge in [-0.3, -0.25) is 4.90 Å². The highest BCUT2D eigenvalue weighted by atomic mass is 16.3. The first-order valence-electron chi connectivity index (χ1n) is 6.70. The summed E-state index contributed by atoms with van der Waals surface area (Å²) in [5, 5.41) is 9.03. The summed E-state index contributed by atoms with van der Waals surface area (Å²) < 4.78 is 0. The third kappa shape index (κ3) is 3.83. The number of aliphatic hydroxyl groups excluding tert-OH is 1. The number of aliphatic hydroxyl groups is 1. The van der Waals surface area contributed by atoms with E-state index >= 15 is 0 Å². The van der Waals surface area contributed by atoms with Crippen molar-refractivity contribution in [3.8, 4) is 0 Å². The van der Waals surface area contributed by atoms with Crippen molar-refractivity contribution < 1.29 is 5.11 Å². The van der Waals surface area contributed by atoms with Crippen LogP contribution in [0.1, 0.15) is 30.4 Å². The van der Waals surface area contributed by atoms with E-state index in [1.165, 1.54) is 30.4 Å². The number of hydrogen-bond donors (Lipinski definition) is 1. The van der Waals surface area contributed by atoms with Gasteiger partial charge < -0.3 is 5.11 Å². The van der Waals surface area contributed by atoms with E-state index in [4.69, 9.17) is 5.11 Å². The van der Waals surface area contributed by atoms with Crippen molar-refractivity contribution in [1.29, 1.82) is 0 Å². The molecule has 0 aliphatic heterocycles. The Morgan fingerprint density at radius 3 is 2.65 bits per heavy atom. The Morgan fingerprint density at radius 2 is 2.00 bits per heavy atom. The summed E-state index contributed by atoms with van der Waals surface area (Å²) in [6.07, 6.45) is 5.00. The smallest absolute Gasteiger partial charge is 0.0558 e. The van der Waals surface area contributed by atoms with Gasteiger partial charge in [0.15, 0.2) is 0 Å². The Bertz CT molecular complexity index is 347. The maximum Gasteiger partial charge on any atom is 0.0558 e. The lowest BCUT2D eigenvalue weighted by Crippen LogP contribution is -2.30. The molecule has 1 fully saturated rings. The maximum absolute atomic E-state index is 9.03. The zero-order valence-electron chi connectivity index (χ0n) is 10.7. The molecule has 0 amide bonds. The van der Waals surface area contributed by atoms with Gasteiger partial charge in [-0.05, 0) is 50.3 Å². The molecule has 2 heteroatoms. The summed E-state index contributed by atoms with van der Waals surface area (Å²) >= 11 is 0. The first kappa shape index (κ1) is 12.6. The quantitative estimate of drug-likeness (QED) is 0.781. The van der Waals surface area contributed by atoms with E-state index in [9.17, 15) is 0 Å². The van der Waals surface area contributed by atoms with Gasteiger partial charge in [-0.15, -0.1) is 0 Å². The van der Waals surface area contributed by atoms with E-state index < -0.39 is 0 Å². The molecule has 1 saturated carbocycles. The average molecular weight is 233 g/mol. The van der Waals surface area contributed by atoms with Crippen molar-refractivity contribution in [2.75, 3.05) is 19.7 Å². The van der Waals surface area contributed by atoms with Crippen molar-refractivity contribution in [2.24, 2.45) is 0 Å². The number of benzene rings is 1. The van der Waals surface area contributed by atoms with Crippen molar-refractivity contribution in [3.05, 3.63) is 35.4 Å². The van der Waals surface area contributed by atoms with Crippen molar-refractivity contribution >= 4 is 0 Å². The van der Waals surface area contributed by atoms with Gasteiger partial charge in [-0.2, -0.15) is 0 Å². The average Bonchev–Trinajstić information content (AvgIpc) is 3.14. The molecule has 0 unspecified atom stereocenters. The maximum atomic E-state index is 9.03. The van der Waals surface area contributed by atoms with Crippen LogP contribution < -0.4 is 0 Å². The van der Waals surface area contributed by atoms with E-state index in [-0.39, 0.29) is 0 Å². The van der Waals surface area contributed by atoms with Crippen LogP contribution in [0.4, 0.5) is 0 Å². The van der Waals surface area contributed by atoms with Gasteiger partial charge in [0.05, 0.1) is 6.61 Å². The molecule has 1 aliphatic carbocycles. The van der Waals surface area contributed by atoms with Gasteiger partial charge in [0.1, 0.15) is 0 Å². The molecule has 1 aliphatic rings. The van der Waals surface area contributed by atoms with E-state index in [1.807, 2.05) is 0 Å². The SMILES string of the molecule is Cc1ccccc1CCCN(CCO)C1CC1. The van der Waals surface area contributed by atoms with Gasteiger partial charge in [0.2, 0.25) is 0 Å². The highest BCUT2D eigenvalue weighted by Gasteiger charge is 2.27. The molecule has 94 valence electrons. The molecule has 0 spiro atoms. The third-order valence-corrected chi connectivity index (χ3v) is 3.60. The number of aryl methyl sites for hydroxylation is 2. The predicted octanol–water partition coefficient (Wildman–Crippen LogP) is 2.38. The van der Waals surface area contributed by atoms with Crippen LogP contribution in [0.3, 0.4) is 0 Å². The zero-order chi connectivity index (χ0) is 12.1. The summed E-state index contributed by atoms with van der Waals surface area (Å²) in [5.74, 6) is 0. The number of nitrogens with zero attached hydrogens (tertiary/aromatic N) is 1. The Balaban J connectivity index is 1.76. The zero-order valence-corrected chi connectivity index (χ0v) is 10.7. The summed E-state index contributed by atoms with van der Waals surface area (Å²) in [6, 6.07) is 9.39. The fourth-order valence-electron chi connectivity index (χ4n) is 2.41. The summed E-state index contributed by atoms with van der Waals surface area (Å²) in [5.41, 5.74) is 2.86. The fourth-order valence-corrected chi connectivity index (χ4v) is 2.41. The molecule has 0 heterocycles. The Labute approximate surface area is 104 Å². The van der Waals surface area contributed by atoms with Crippen LogP contribution in [-0.4, -0.2) is 35.7 Å². The Kier molecular flexibility index (Phi) is 4.57. The minimum Gasteiger partial charge on any atom is -0.395 e. The normalized spacial score (nSPS) is 15.5. The van der Waals surface area contributed by atoms with Crippen molar-refractivity contribution in [3.63, 3.8) is 0 Å². The molecule has 0 bridgehead atoms. The van der Waals surface area contributed by atoms with Gasteiger partial charge in [-0.1, -0.05) is 24.3 Å². The predicted molar refractivity (Wildman–Crippen MR) is 71.2 cm³/mol. The lowest BCUT2D eigenvalue weighted by atomic mass is 10.0. The molecule has 1 N–H and O–H groups in total. The fraction of sp³-hybridized carbons (Fsp3) is 0.600. The molecule has 0 saturated heterocycles. The monoisotopic (exact) mass is 233 g/mol. The molecule has 1 aromatic rings. The van der Waals surface area contributed by atoms with Crippen LogP contribution in [0, 0.1) is 6.92 Å². The van der Waals surface area contributed by atoms with Crippen LogP contribution in [0.25, 0.3) is 0 Å². The second kappa shape index (κ2) is 6.18. The molecule has 17 heavy (non-hydrogen) atoms. The minimum absolute atomic E-state index is 0.293.